The summed E-state index contributed by atoms with van der Waals surface area (Å²) in [7, 11) is 0. The topological polar surface area (TPSA) is 94.5 Å². The highest BCUT2D eigenvalue weighted by molar-refractivity contribution is 6.35. The normalized spacial score (nSPS) is 11.6. The van der Waals surface area contributed by atoms with Crippen LogP contribution < -0.4 is 9.47 Å². The summed E-state index contributed by atoms with van der Waals surface area (Å²) in [6, 6.07) is 17.8. The largest absolute Gasteiger partial charge is 0.492 e. The number of amides is 1. The Balaban J connectivity index is 1.51. The summed E-state index contributed by atoms with van der Waals surface area (Å²) < 4.78 is 35.4. The molecule has 0 radical (unpaired) electrons. The third kappa shape index (κ3) is 11.5. The smallest absolute Gasteiger partial charge is 0.415 e. The van der Waals surface area contributed by atoms with Crippen molar-refractivity contribution in [2.45, 2.75) is 38.9 Å². The van der Waals surface area contributed by atoms with Crippen molar-refractivity contribution in [1.82, 2.24) is 4.90 Å². The van der Waals surface area contributed by atoms with Crippen molar-refractivity contribution in [3.8, 4) is 11.5 Å². The lowest BCUT2D eigenvalue weighted by Crippen LogP contribution is -2.37. The molecule has 1 amide bonds. The molecule has 3 aromatic rings. The van der Waals surface area contributed by atoms with E-state index < -0.39 is 18.2 Å². The van der Waals surface area contributed by atoms with Crippen LogP contribution in [0, 0.1) is 5.82 Å². The molecule has 0 aliphatic rings. The van der Waals surface area contributed by atoms with Crippen LogP contribution in [0.1, 0.15) is 30.9 Å². The van der Waals surface area contributed by atoms with Gasteiger partial charge in [-0.2, -0.15) is 0 Å². The van der Waals surface area contributed by atoms with Crippen molar-refractivity contribution in [2.75, 3.05) is 32.9 Å². The van der Waals surface area contributed by atoms with E-state index in [9.17, 15) is 19.1 Å². The minimum absolute atomic E-state index is 0.195. The molecular weight excluding hydrogens is 588 g/mol. The maximum Gasteiger partial charge on any atom is 0.415 e. The Labute approximate surface area is 254 Å². The van der Waals surface area contributed by atoms with Gasteiger partial charge in [0.25, 0.3) is 0 Å². The first kappa shape index (κ1) is 33.1. The van der Waals surface area contributed by atoms with Crippen LogP contribution in [0.25, 0.3) is 0 Å². The number of carboxylic acid groups (broad SMARTS) is 1. The molecule has 1 atom stereocenters. The van der Waals surface area contributed by atoms with E-state index in [1.54, 1.807) is 49.4 Å². The van der Waals surface area contributed by atoms with Crippen LogP contribution in [0.4, 0.5) is 9.18 Å². The highest BCUT2D eigenvalue weighted by Gasteiger charge is 2.19. The summed E-state index contributed by atoms with van der Waals surface area (Å²) >= 11 is 12.1. The van der Waals surface area contributed by atoms with Gasteiger partial charge in [0.1, 0.15) is 18.2 Å². The second-order valence-electron chi connectivity index (χ2n) is 9.29. The Morgan fingerprint density at radius 1 is 0.929 bits per heavy atom. The minimum atomic E-state index is -1.01. The molecule has 11 heteroatoms. The maximum atomic E-state index is 13.1. The number of hydrogen-bond donors (Lipinski definition) is 1. The Kier molecular flexibility index (Phi) is 13.8. The average molecular weight is 623 g/mol. The first-order valence-electron chi connectivity index (χ1n) is 13.5. The lowest BCUT2D eigenvalue weighted by molar-refractivity contribution is -0.149. The number of nitrogens with zero attached hydrogens (tertiary/aromatic N) is 1. The molecule has 0 fully saturated rings. The van der Waals surface area contributed by atoms with Gasteiger partial charge in [-0.3, -0.25) is 0 Å². The lowest BCUT2D eigenvalue weighted by atomic mass is 10.1. The Hall–Kier alpha value is -3.37. The summed E-state index contributed by atoms with van der Waals surface area (Å²) in [6.07, 6.45) is 0.0780. The molecule has 0 aromatic heterocycles. The van der Waals surface area contributed by atoms with Crippen molar-refractivity contribution >= 4 is 35.3 Å². The summed E-state index contributed by atoms with van der Waals surface area (Å²) in [5.74, 6) is -0.534. The molecule has 3 aromatic carbocycles. The summed E-state index contributed by atoms with van der Waals surface area (Å²) in [4.78, 5) is 25.9. The molecular formula is C31H34Cl2FNO7. The standard InChI is InChI=1S/C31H34Cl2FNO7/c1-2-40-29(30(36)37)19-22-7-12-26(13-8-22)41-18-16-35(31(38)42-28-14-9-24(32)20-27(28)33)15-3-4-17-39-21-23-5-10-25(34)11-6-23/h5-14,20,29H,2-4,15-19,21H2,1H3,(H,36,37). The number of carbonyl (C=O) groups excluding carboxylic acids is 1. The SMILES string of the molecule is CCOC(Cc1ccc(OCCN(CCCCOCc2ccc(F)cc2)C(=O)Oc2ccc(Cl)cc2Cl)cc1)C(=O)O. The summed E-state index contributed by atoms with van der Waals surface area (Å²) in [5.41, 5.74) is 1.68. The highest BCUT2D eigenvalue weighted by Crippen LogP contribution is 2.28. The molecule has 0 bridgehead atoms. The number of unbranched alkanes of at least 4 members (excludes halogenated alkanes) is 1. The second kappa shape index (κ2) is 17.6. The van der Waals surface area contributed by atoms with Gasteiger partial charge >= 0.3 is 12.1 Å². The number of rotatable bonds is 17. The highest BCUT2D eigenvalue weighted by atomic mass is 35.5. The van der Waals surface area contributed by atoms with E-state index in [0.29, 0.717) is 50.0 Å². The monoisotopic (exact) mass is 621 g/mol. The third-order valence-electron chi connectivity index (χ3n) is 6.12. The number of aliphatic carboxylic acids is 1. The van der Waals surface area contributed by atoms with Crippen molar-refractivity contribution in [3.63, 3.8) is 0 Å². The van der Waals surface area contributed by atoms with Gasteiger partial charge in [0.2, 0.25) is 0 Å². The fraction of sp³-hybridized carbons (Fsp3) is 0.355. The predicted octanol–water partition coefficient (Wildman–Crippen LogP) is 7.04. The second-order valence-corrected chi connectivity index (χ2v) is 10.1. The van der Waals surface area contributed by atoms with E-state index in [1.807, 2.05) is 0 Å². The van der Waals surface area contributed by atoms with Gasteiger partial charge in [0.15, 0.2) is 11.9 Å². The van der Waals surface area contributed by atoms with Crippen LogP contribution in [-0.2, 0) is 27.3 Å². The van der Waals surface area contributed by atoms with E-state index in [2.05, 4.69) is 0 Å². The molecule has 42 heavy (non-hydrogen) atoms. The number of halogens is 3. The van der Waals surface area contributed by atoms with Gasteiger partial charge in [-0.1, -0.05) is 47.5 Å². The van der Waals surface area contributed by atoms with Gasteiger partial charge < -0.3 is 29.0 Å². The van der Waals surface area contributed by atoms with Gasteiger partial charge in [0, 0.05) is 31.2 Å². The molecule has 0 aliphatic heterocycles. The molecule has 0 saturated carbocycles. The minimum Gasteiger partial charge on any atom is -0.492 e. The van der Waals surface area contributed by atoms with Gasteiger partial charge in [-0.25, -0.2) is 14.0 Å². The van der Waals surface area contributed by atoms with Gasteiger partial charge in [-0.05, 0) is 73.4 Å². The van der Waals surface area contributed by atoms with Crippen LogP contribution in [0.15, 0.2) is 66.7 Å². The quantitative estimate of drug-likeness (QED) is 0.161. The molecule has 1 N–H and O–H groups in total. The van der Waals surface area contributed by atoms with Crippen molar-refractivity contribution in [2.24, 2.45) is 0 Å². The molecule has 0 heterocycles. The Morgan fingerprint density at radius 3 is 2.31 bits per heavy atom. The predicted molar refractivity (Wildman–Crippen MR) is 158 cm³/mol. The van der Waals surface area contributed by atoms with E-state index >= 15 is 0 Å². The fourth-order valence-corrected chi connectivity index (χ4v) is 4.36. The van der Waals surface area contributed by atoms with Gasteiger partial charge in [0.05, 0.1) is 18.2 Å². The molecule has 0 saturated heterocycles. The van der Waals surface area contributed by atoms with Crippen molar-refractivity contribution < 1.29 is 38.0 Å². The molecule has 226 valence electrons. The zero-order chi connectivity index (χ0) is 30.3. The lowest BCUT2D eigenvalue weighted by Gasteiger charge is -2.22. The van der Waals surface area contributed by atoms with Crippen LogP contribution in [-0.4, -0.2) is 61.1 Å². The average Bonchev–Trinajstić information content (AvgIpc) is 2.96. The molecule has 3 rings (SSSR count). The van der Waals surface area contributed by atoms with Crippen LogP contribution in [0.2, 0.25) is 10.0 Å². The van der Waals surface area contributed by atoms with E-state index in [1.165, 1.54) is 29.2 Å². The molecule has 1 unspecified atom stereocenters. The fourth-order valence-electron chi connectivity index (χ4n) is 3.92. The number of carboxylic acids is 1. The Bertz CT molecular complexity index is 1280. The van der Waals surface area contributed by atoms with Gasteiger partial charge in [-0.15, -0.1) is 0 Å². The van der Waals surface area contributed by atoms with E-state index in [0.717, 1.165) is 11.1 Å². The van der Waals surface area contributed by atoms with E-state index in [4.69, 9.17) is 42.1 Å². The first-order chi connectivity index (χ1) is 20.2. The number of ether oxygens (including phenoxy) is 4. The molecule has 0 spiro atoms. The maximum absolute atomic E-state index is 13.1. The van der Waals surface area contributed by atoms with E-state index in [-0.39, 0.29) is 36.2 Å². The third-order valence-corrected chi connectivity index (χ3v) is 6.65. The van der Waals surface area contributed by atoms with Crippen LogP contribution in [0.3, 0.4) is 0 Å². The zero-order valence-electron chi connectivity index (χ0n) is 23.3. The molecule has 8 nitrogen and oxygen atoms in total. The van der Waals surface area contributed by atoms with Crippen LogP contribution in [0.5, 0.6) is 11.5 Å². The van der Waals surface area contributed by atoms with Crippen molar-refractivity contribution in [1.29, 1.82) is 0 Å². The van der Waals surface area contributed by atoms with Crippen LogP contribution >= 0.6 is 23.2 Å². The Morgan fingerprint density at radius 2 is 1.64 bits per heavy atom. The zero-order valence-corrected chi connectivity index (χ0v) is 24.8. The molecule has 0 aliphatic carbocycles. The number of benzene rings is 3. The first-order valence-corrected chi connectivity index (χ1v) is 14.3. The summed E-state index contributed by atoms with van der Waals surface area (Å²) in [6.45, 7) is 3.73. The number of carbonyl (C=O) groups is 2. The number of hydrogen-bond acceptors (Lipinski definition) is 6. The summed E-state index contributed by atoms with van der Waals surface area (Å²) in [5, 5.41) is 9.93. The van der Waals surface area contributed by atoms with Crippen molar-refractivity contribution in [3.05, 3.63) is 93.7 Å².